The van der Waals surface area contributed by atoms with Gasteiger partial charge in [0, 0.05) is 0 Å². The molecule has 0 atom stereocenters. The lowest BCUT2D eigenvalue weighted by molar-refractivity contribution is -0.386. The highest BCUT2D eigenvalue weighted by molar-refractivity contribution is 7.80. The largest absolute Gasteiger partial charge is 0.487 e. The van der Waals surface area contributed by atoms with Crippen molar-refractivity contribution in [3.63, 3.8) is 0 Å². The molecule has 6 heteroatoms. The SMILES string of the molecule is O=[N+]([O-])c1cc(F)ccc1OCCCCS. The maximum atomic E-state index is 12.8. The molecule has 0 amide bonds. The van der Waals surface area contributed by atoms with Gasteiger partial charge in [0.1, 0.15) is 5.82 Å². The number of unbranched alkanes of at least 4 members (excludes halogenated alkanes) is 1. The van der Waals surface area contributed by atoms with Crippen molar-refractivity contribution in [2.45, 2.75) is 12.8 Å². The monoisotopic (exact) mass is 245 g/mol. The van der Waals surface area contributed by atoms with Gasteiger partial charge in [-0.1, -0.05) is 0 Å². The molecule has 1 aromatic rings. The number of nitrogens with zero attached hydrogens (tertiary/aromatic N) is 1. The molecule has 0 spiro atoms. The van der Waals surface area contributed by atoms with Crippen LogP contribution in [0.3, 0.4) is 0 Å². The van der Waals surface area contributed by atoms with Gasteiger partial charge in [0.15, 0.2) is 5.75 Å². The van der Waals surface area contributed by atoms with Crippen LogP contribution < -0.4 is 4.74 Å². The Kier molecular flexibility index (Phi) is 5.04. The van der Waals surface area contributed by atoms with Gasteiger partial charge in [-0.3, -0.25) is 10.1 Å². The summed E-state index contributed by atoms with van der Waals surface area (Å²) in [5.41, 5.74) is -0.342. The second kappa shape index (κ2) is 6.32. The van der Waals surface area contributed by atoms with E-state index in [4.69, 9.17) is 4.74 Å². The van der Waals surface area contributed by atoms with Gasteiger partial charge in [-0.2, -0.15) is 12.6 Å². The molecule has 0 radical (unpaired) electrons. The molecule has 0 unspecified atom stereocenters. The molecule has 0 aliphatic rings. The molecule has 16 heavy (non-hydrogen) atoms. The minimum atomic E-state index is -0.656. The number of halogens is 1. The molecule has 0 fully saturated rings. The third-order valence-corrected chi connectivity index (χ3v) is 2.24. The Morgan fingerprint density at radius 2 is 2.19 bits per heavy atom. The van der Waals surface area contributed by atoms with Crippen LogP contribution in [-0.4, -0.2) is 17.3 Å². The topological polar surface area (TPSA) is 52.4 Å². The molecule has 88 valence electrons. The second-order valence-corrected chi connectivity index (χ2v) is 3.60. The summed E-state index contributed by atoms with van der Waals surface area (Å²) in [6.45, 7) is 0.368. The van der Waals surface area contributed by atoms with Crippen LogP contribution in [-0.2, 0) is 0 Å². The Bertz CT molecular complexity index is 373. The van der Waals surface area contributed by atoms with Crippen LogP contribution in [0.1, 0.15) is 12.8 Å². The Morgan fingerprint density at radius 3 is 2.81 bits per heavy atom. The van der Waals surface area contributed by atoms with Crippen molar-refractivity contribution in [2.24, 2.45) is 0 Å². The fourth-order valence-electron chi connectivity index (χ4n) is 1.15. The van der Waals surface area contributed by atoms with Gasteiger partial charge >= 0.3 is 5.69 Å². The summed E-state index contributed by atoms with van der Waals surface area (Å²) >= 11 is 4.03. The fourth-order valence-corrected chi connectivity index (χ4v) is 1.37. The van der Waals surface area contributed by atoms with E-state index >= 15 is 0 Å². The van der Waals surface area contributed by atoms with E-state index in [1.165, 1.54) is 6.07 Å². The molecule has 0 aromatic heterocycles. The predicted molar refractivity (Wildman–Crippen MR) is 61.6 cm³/mol. The van der Waals surface area contributed by atoms with Crippen molar-refractivity contribution >= 4 is 18.3 Å². The van der Waals surface area contributed by atoms with E-state index in [-0.39, 0.29) is 11.4 Å². The molecule has 1 aromatic carbocycles. The average molecular weight is 245 g/mol. The molecule has 0 saturated heterocycles. The molecule has 1 rings (SSSR count). The number of benzene rings is 1. The van der Waals surface area contributed by atoms with Gasteiger partial charge in [0.25, 0.3) is 0 Å². The first-order valence-electron chi connectivity index (χ1n) is 4.82. The zero-order chi connectivity index (χ0) is 12.0. The van der Waals surface area contributed by atoms with E-state index in [0.29, 0.717) is 6.61 Å². The number of thiol groups is 1. The fraction of sp³-hybridized carbons (Fsp3) is 0.400. The summed E-state index contributed by atoms with van der Waals surface area (Å²) in [6, 6.07) is 3.27. The summed E-state index contributed by atoms with van der Waals surface area (Å²) in [6.07, 6.45) is 1.64. The van der Waals surface area contributed by atoms with Crippen molar-refractivity contribution in [2.75, 3.05) is 12.4 Å². The second-order valence-electron chi connectivity index (χ2n) is 3.15. The Hall–Kier alpha value is -1.30. The summed E-state index contributed by atoms with van der Waals surface area (Å²) in [4.78, 5) is 9.95. The third-order valence-electron chi connectivity index (χ3n) is 1.93. The molecular weight excluding hydrogens is 233 g/mol. The molecule has 0 saturated carbocycles. The third kappa shape index (κ3) is 3.69. The number of hydrogen-bond acceptors (Lipinski definition) is 4. The van der Waals surface area contributed by atoms with Gasteiger partial charge in [0.05, 0.1) is 17.6 Å². The summed E-state index contributed by atoms with van der Waals surface area (Å²) in [5, 5.41) is 10.6. The average Bonchev–Trinajstić information content (AvgIpc) is 2.26. The van der Waals surface area contributed by atoms with Crippen molar-refractivity contribution < 1.29 is 14.1 Å². The quantitative estimate of drug-likeness (QED) is 0.363. The maximum Gasteiger partial charge on any atom is 0.313 e. The van der Waals surface area contributed by atoms with Crippen LogP contribution >= 0.6 is 12.6 Å². The normalized spacial score (nSPS) is 10.1. The van der Waals surface area contributed by atoms with Gasteiger partial charge in [-0.25, -0.2) is 4.39 Å². The predicted octanol–water partition coefficient (Wildman–Crippen LogP) is 2.82. The van der Waals surface area contributed by atoms with E-state index in [0.717, 1.165) is 30.7 Å². The van der Waals surface area contributed by atoms with Crippen LogP contribution in [0.2, 0.25) is 0 Å². The lowest BCUT2D eigenvalue weighted by atomic mass is 10.3. The maximum absolute atomic E-state index is 12.8. The smallest absolute Gasteiger partial charge is 0.313 e. The molecule has 4 nitrogen and oxygen atoms in total. The van der Waals surface area contributed by atoms with Gasteiger partial charge in [-0.05, 0) is 30.7 Å². The first-order chi connectivity index (χ1) is 7.65. The van der Waals surface area contributed by atoms with Crippen LogP contribution in [0, 0.1) is 15.9 Å². The highest BCUT2D eigenvalue weighted by Crippen LogP contribution is 2.27. The molecule has 0 aliphatic carbocycles. The lowest BCUT2D eigenvalue weighted by Crippen LogP contribution is -2.01. The minimum absolute atomic E-state index is 0.102. The molecular formula is C10H12FNO3S. The van der Waals surface area contributed by atoms with Gasteiger partial charge in [0.2, 0.25) is 0 Å². The molecule has 0 bridgehead atoms. The number of nitro groups is 1. The first-order valence-corrected chi connectivity index (χ1v) is 5.46. The summed E-state index contributed by atoms with van der Waals surface area (Å²) < 4.78 is 18.0. The number of nitro benzene ring substituents is 1. The van der Waals surface area contributed by atoms with Crippen molar-refractivity contribution in [1.82, 2.24) is 0 Å². The van der Waals surface area contributed by atoms with Crippen LogP contribution in [0.5, 0.6) is 5.75 Å². The Labute approximate surface area is 98.0 Å². The van der Waals surface area contributed by atoms with Crippen LogP contribution in [0.25, 0.3) is 0 Å². The number of hydrogen-bond donors (Lipinski definition) is 1. The molecule has 0 heterocycles. The highest BCUT2D eigenvalue weighted by atomic mass is 32.1. The lowest BCUT2D eigenvalue weighted by Gasteiger charge is -2.05. The zero-order valence-electron chi connectivity index (χ0n) is 8.56. The van der Waals surface area contributed by atoms with E-state index < -0.39 is 10.7 Å². The standard InChI is InChI=1S/C10H12FNO3S/c11-8-3-4-10(9(7-8)12(13)14)15-5-1-2-6-16/h3-4,7,16H,1-2,5-6H2. The Balaban J connectivity index is 2.67. The molecule has 0 N–H and O–H groups in total. The van der Waals surface area contributed by atoms with Crippen molar-refractivity contribution in [1.29, 1.82) is 0 Å². The van der Waals surface area contributed by atoms with E-state index in [2.05, 4.69) is 12.6 Å². The van der Waals surface area contributed by atoms with Crippen molar-refractivity contribution in [3.8, 4) is 5.75 Å². The number of ether oxygens (including phenoxy) is 1. The van der Waals surface area contributed by atoms with Gasteiger partial charge in [-0.15, -0.1) is 0 Å². The van der Waals surface area contributed by atoms with Crippen LogP contribution in [0.15, 0.2) is 18.2 Å². The summed E-state index contributed by atoms with van der Waals surface area (Å²) in [5.74, 6) is 0.203. The Morgan fingerprint density at radius 1 is 1.44 bits per heavy atom. The van der Waals surface area contributed by atoms with Gasteiger partial charge < -0.3 is 4.74 Å². The van der Waals surface area contributed by atoms with E-state index in [1.54, 1.807) is 0 Å². The summed E-state index contributed by atoms with van der Waals surface area (Å²) in [7, 11) is 0. The van der Waals surface area contributed by atoms with E-state index in [9.17, 15) is 14.5 Å². The highest BCUT2D eigenvalue weighted by Gasteiger charge is 2.15. The zero-order valence-corrected chi connectivity index (χ0v) is 9.45. The minimum Gasteiger partial charge on any atom is -0.487 e. The first kappa shape index (κ1) is 12.8. The van der Waals surface area contributed by atoms with Crippen LogP contribution in [0.4, 0.5) is 10.1 Å². The number of rotatable bonds is 6. The molecule has 0 aliphatic heterocycles. The van der Waals surface area contributed by atoms with Crippen molar-refractivity contribution in [3.05, 3.63) is 34.1 Å². The van der Waals surface area contributed by atoms with E-state index in [1.807, 2.05) is 0 Å².